The first kappa shape index (κ1) is 16.2. The molecule has 120 valence electrons. The number of rotatable bonds is 5. The van der Waals surface area contributed by atoms with Crippen molar-refractivity contribution in [1.82, 2.24) is 15.1 Å². The fourth-order valence-electron chi connectivity index (χ4n) is 3.06. The molecule has 2 rings (SSSR count). The summed E-state index contributed by atoms with van der Waals surface area (Å²) in [6, 6.07) is -0.253. The van der Waals surface area contributed by atoms with Crippen LogP contribution in [-0.2, 0) is 14.3 Å². The molecule has 3 atom stereocenters. The first-order valence-corrected chi connectivity index (χ1v) is 7.46. The van der Waals surface area contributed by atoms with Crippen molar-refractivity contribution < 1.29 is 19.4 Å². The summed E-state index contributed by atoms with van der Waals surface area (Å²) in [4.78, 5) is 27.2. The van der Waals surface area contributed by atoms with Crippen LogP contribution in [0.25, 0.3) is 0 Å². The number of amides is 1. The maximum atomic E-state index is 12.0. The van der Waals surface area contributed by atoms with Crippen LogP contribution in [0.1, 0.15) is 6.42 Å². The lowest BCUT2D eigenvalue weighted by Crippen LogP contribution is -2.43. The lowest BCUT2D eigenvalue weighted by molar-refractivity contribution is -0.145. The smallest absolute Gasteiger partial charge is 0.308 e. The third-order valence-corrected chi connectivity index (χ3v) is 4.35. The minimum atomic E-state index is -0.772. The molecule has 7 nitrogen and oxygen atoms in total. The molecular weight excluding hydrogens is 274 g/mol. The highest BCUT2D eigenvalue weighted by Crippen LogP contribution is 2.25. The lowest BCUT2D eigenvalue weighted by Gasteiger charge is -2.31. The van der Waals surface area contributed by atoms with Crippen LogP contribution < -0.4 is 5.32 Å². The van der Waals surface area contributed by atoms with Crippen molar-refractivity contribution in [2.75, 3.05) is 53.5 Å². The van der Waals surface area contributed by atoms with Gasteiger partial charge in [-0.3, -0.25) is 14.5 Å². The number of likely N-dealkylation sites (N-methyl/N-ethyl adjacent to an activating group) is 1. The van der Waals surface area contributed by atoms with Crippen molar-refractivity contribution in [1.29, 1.82) is 0 Å². The van der Waals surface area contributed by atoms with E-state index in [2.05, 4.69) is 10.2 Å². The van der Waals surface area contributed by atoms with Gasteiger partial charge in [0.25, 0.3) is 0 Å². The van der Waals surface area contributed by atoms with Crippen molar-refractivity contribution in [3.63, 3.8) is 0 Å². The van der Waals surface area contributed by atoms with Crippen molar-refractivity contribution >= 4 is 11.9 Å². The third-order valence-electron chi connectivity index (χ3n) is 4.35. The summed E-state index contributed by atoms with van der Waals surface area (Å²) < 4.78 is 5.29. The van der Waals surface area contributed by atoms with Gasteiger partial charge in [-0.2, -0.15) is 0 Å². The van der Waals surface area contributed by atoms with E-state index < -0.39 is 11.9 Å². The Labute approximate surface area is 125 Å². The number of ether oxygens (including phenoxy) is 1. The Hall–Kier alpha value is -1.18. The second kappa shape index (κ2) is 7.20. The van der Waals surface area contributed by atoms with E-state index in [1.807, 2.05) is 0 Å². The molecule has 0 saturated carbocycles. The van der Waals surface area contributed by atoms with E-state index >= 15 is 0 Å². The number of hydrogen-bond acceptors (Lipinski definition) is 5. The molecular formula is C14H25N3O4. The number of morpholine rings is 1. The van der Waals surface area contributed by atoms with Crippen LogP contribution in [0.3, 0.4) is 0 Å². The summed E-state index contributed by atoms with van der Waals surface area (Å²) in [6.07, 6.45) is 0.596. The quantitative estimate of drug-likeness (QED) is 0.684. The van der Waals surface area contributed by atoms with E-state index in [-0.39, 0.29) is 17.9 Å². The average molecular weight is 299 g/mol. The van der Waals surface area contributed by atoms with E-state index in [4.69, 9.17) is 4.74 Å². The van der Waals surface area contributed by atoms with Gasteiger partial charge < -0.3 is 20.1 Å². The first-order valence-electron chi connectivity index (χ1n) is 7.46. The summed E-state index contributed by atoms with van der Waals surface area (Å²) in [7, 11) is 3.44. The molecule has 0 radical (unpaired) electrons. The van der Waals surface area contributed by atoms with Crippen LogP contribution in [0.2, 0.25) is 0 Å². The Kier molecular flexibility index (Phi) is 5.55. The molecule has 1 unspecified atom stereocenters. The van der Waals surface area contributed by atoms with Gasteiger partial charge in [-0.25, -0.2) is 0 Å². The summed E-state index contributed by atoms with van der Waals surface area (Å²) in [5.41, 5.74) is 0. The summed E-state index contributed by atoms with van der Waals surface area (Å²) in [5, 5.41) is 12.7. The predicted octanol–water partition coefficient (Wildman–Crippen LogP) is -0.914. The van der Waals surface area contributed by atoms with E-state index in [1.54, 1.807) is 19.0 Å². The monoisotopic (exact) mass is 299 g/mol. The average Bonchev–Trinajstić information content (AvgIpc) is 2.94. The number of aliphatic carboxylic acids is 1. The number of carbonyl (C=O) groups is 2. The minimum absolute atomic E-state index is 0.000699. The first-order chi connectivity index (χ1) is 9.99. The zero-order valence-corrected chi connectivity index (χ0v) is 12.7. The van der Waals surface area contributed by atoms with Crippen LogP contribution in [-0.4, -0.2) is 86.3 Å². The highest BCUT2D eigenvalue weighted by atomic mass is 16.5. The Morgan fingerprint density at radius 2 is 2.05 bits per heavy atom. The van der Waals surface area contributed by atoms with E-state index in [1.165, 1.54) is 0 Å². The summed E-state index contributed by atoms with van der Waals surface area (Å²) in [5.74, 6) is -1.19. The predicted molar refractivity (Wildman–Crippen MR) is 77.0 cm³/mol. The fraction of sp³-hybridized carbons (Fsp3) is 0.857. The van der Waals surface area contributed by atoms with Crippen molar-refractivity contribution in [3.05, 3.63) is 0 Å². The molecule has 2 aliphatic heterocycles. The molecule has 2 N–H and O–H groups in total. The van der Waals surface area contributed by atoms with Gasteiger partial charge in [0.1, 0.15) is 0 Å². The second-order valence-corrected chi connectivity index (χ2v) is 6.05. The maximum absolute atomic E-state index is 12.0. The van der Waals surface area contributed by atoms with Gasteiger partial charge in [0.05, 0.1) is 25.2 Å². The molecule has 0 aromatic heterocycles. The number of nitrogens with one attached hydrogen (secondary N) is 1. The molecule has 0 bridgehead atoms. The van der Waals surface area contributed by atoms with E-state index in [0.29, 0.717) is 32.7 Å². The van der Waals surface area contributed by atoms with Gasteiger partial charge >= 0.3 is 5.97 Å². The van der Waals surface area contributed by atoms with Crippen LogP contribution in [0, 0.1) is 11.8 Å². The SMILES string of the molecule is CN(C)C(=O)[C@@H]1C[C@H](C(CN2CCOCC2)C(=O)O)CN1. The normalized spacial score (nSPS) is 28.3. The third kappa shape index (κ3) is 4.15. The highest BCUT2D eigenvalue weighted by molar-refractivity contribution is 5.82. The van der Waals surface area contributed by atoms with Gasteiger partial charge in [-0.1, -0.05) is 0 Å². The zero-order chi connectivity index (χ0) is 15.4. The Morgan fingerprint density at radius 1 is 1.38 bits per heavy atom. The second-order valence-electron chi connectivity index (χ2n) is 6.05. The number of carboxylic acid groups (broad SMARTS) is 1. The van der Waals surface area contributed by atoms with Crippen LogP contribution in [0.15, 0.2) is 0 Å². The van der Waals surface area contributed by atoms with Gasteiger partial charge in [0.2, 0.25) is 5.91 Å². The van der Waals surface area contributed by atoms with Crippen LogP contribution >= 0.6 is 0 Å². The largest absolute Gasteiger partial charge is 0.481 e. The zero-order valence-electron chi connectivity index (χ0n) is 12.7. The molecule has 21 heavy (non-hydrogen) atoms. The lowest BCUT2D eigenvalue weighted by atomic mass is 9.89. The van der Waals surface area contributed by atoms with Crippen LogP contribution in [0.4, 0.5) is 0 Å². The standard InChI is InChI=1S/C14H25N3O4/c1-16(2)13(18)12-7-10(8-15-12)11(14(19)20)9-17-3-5-21-6-4-17/h10-12,15H,3-9H2,1-2H3,(H,19,20)/t10-,11?,12-/m0/s1. The summed E-state index contributed by atoms with van der Waals surface area (Å²) in [6.45, 7) is 4.02. The Bertz CT molecular complexity index is 382. The topological polar surface area (TPSA) is 82.1 Å². The number of nitrogens with zero attached hydrogens (tertiary/aromatic N) is 2. The van der Waals surface area contributed by atoms with Gasteiger partial charge in [0, 0.05) is 33.7 Å². The van der Waals surface area contributed by atoms with Gasteiger partial charge in [0.15, 0.2) is 0 Å². The molecule has 0 aromatic carbocycles. The highest BCUT2D eigenvalue weighted by Gasteiger charge is 2.38. The molecule has 2 aliphatic rings. The summed E-state index contributed by atoms with van der Waals surface area (Å²) >= 11 is 0. The molecule has 2 saturated heterocycles. The Morgan fingerprint density at radius 3 is 2.62 bits per heavy atom. The molecule has 2 fully saturated rings. The molecule has 0 spiro atoms. The molecule has 2 heterocycles. The molecule has 7 heteroatoms. The number of hydrogen-bond donors (Lipinski definition) is 2. The maximum Gasteiger partial charge on any atom is 0.308 e. The van der Waals surface area contributed by atoms with Crippen molar-refractivity contribution in [3.8, 4) is 0 Å². The molecule has 1 amide bonds. The van der Waals surface area contributed by atoms with Crippen molar-refractivity contribution in [2.24, 2.45) is 11.8 Å². The van der Waals surface area contributed by atoms with E-state index in [0.717, 1.165) is 13.1 Å². The number of carbonyl (C=O) groups excluding carboxylic acids is 1. The number of carboxylic acids is 1. The van der Waals surface area contributed by atoms with Crippen LogP contribution in [0.5, 0.6) is 0 Å². The Balaban J connectivity index is 1.93. The molecule has 0 aliphatic carbocycles. The molecule has 0 aromatic rings. The van der Waals surface area contributed by atoms with Gasteiger partial charge in [-0.15, -0.1) is 0 Å². The van der Waals surface area contributed by atoms with E-state index in [9.17, 15) is 14.7 Å². The van der Waals surface area contributed by atoms with Gasteiger partial charge in [-0.05, 0) is 18.9 Å². The fourth-order valence-corrected chi connectivity index (χ4v) is 3.06. The van der Waals surface area contributed by atoms with Crippen molar-refractivity contribution in [2.45, 2.75) is 12.5 Å². The minimum Gasteiger partial charge on any atom is -0.481 e.